The third-order valence-corrected chi connectivity index (χ3v) is 2.60. The Morgan fingerprint density at radius 3 is 2.93 bits per heavy atom. The Balaban J connectivity index is 2.16. The zero-order valence-corrected chi connectivity index (χ0v) is 8.48. The predicted molar refractivity (Wildman–Crippen MR) is 59.4 cm³/mol. The molecular weight excluding hydrogens is 172 g/mol. The number of hydrogen-bond donors (Lipinski definition) is 1. The van der Waals surface area contributed by atoms with Crippen molar-refractivity contribution < 1.29 is 0 Å². The second kappa shape index (κ2) is 3.74. The first-order chi connectivity index (χ1) is 6.75. The molecule has 0 fully saturated rings. The monoisotopic (exact) mass is 188 g/mol. The van der Waals surface area contributed by atoms with Gasteiger partial charge in [-0.2, -0.15) is 0 Å². The topological polar surface area (TPSA) is 29.3 Å². The molecule has 1 atom stereocenters. The maximum absolute atomic E-state index is 5.78. The summed E-state index contributed by atoms with van der Waals surface area (Å²) in [7, 11) is 2.09. The van der Waals surface area contributed by atoms with Crippen molar-refractivity contribution in [2.24, 2.45) is 11.7 Å². The Bertz CT molecular complexity index is 334. The summed E-state index contributed by atoms with van der Waals surface area (Å²) < 4.78 is 0. The molecular formula is C12H16N2. The van der Waals surface area contributed by atoms with Crippen LogP contribution in [-0.4, -0.2) is 18.5 Å². The average Bonchev–Trinajstić information content (AvgIpc) is 2.18. The Labute approximate surface area is 85.1 Å². The smallest absolute Gasteiger partial charge is 0.0354 e. The van der Waals surface area contributed by atoms with Gasteiger partial charge in [-0.1, -0.05) is 24.3 Å². The van der Waals surface area contributed by atoms with Gasteiger partial charge in [-0.05, 0) is 18.1 Å². The molecule has 0 amide bonds. The molecule has 0 saturated heterocycles. The first-order valence-corrected chi connectivity index (χ1v) is 4.98. The summed E-state index contributed by atoms with van der Waals surface area (Å²) in [5.41, 5.74) is 8.01. The first-order valence-electron chi connectivity index (χ1n) is 4.98. The molecule has 2 N–H and O–H groups in total. The SMILES string of the molecule is CN1C=C(C2C=C(N)C=CC2)C=CC1. The fourth-order valence-corrected chi connectivity index (χ4v) is 1.86. The normalized spacial score (nSPS) is 26.1. The lowest BCUT2D eigenvalue weighted by Gasteiger charge is -2.23. The number of rotatable bonds is 1. The average molecular weight is 188 g/mol. The molecule has 0 radical (unpaired) electrons. The highest BCUT2D eigenvalue weighted by atomic mass is 15.1. The molecule has 2 heteroatoms. The number of likely N-dealkylation sites (N-methyl/N-ethyl adjacent to an activating group) is 1. The van der Waals surface area contributed by atoms with Crippen LogP contribution in [0.5, 0.6) is 0 Å². The van der Waals surface area contributed by atoms with Gasteiger partial charge in [-0.25, -0.2) is 0 Å². The molecule has 1 heterocycles. The number of hydrogen-bond acceptors (Lipinski definition) is 2. The van der Waals surface area contributed by atoms with Crippen molar-refractivity contribution >= 4 is 0 Å². The van der Waals surface area contributed by atoms with Crippen molar-refractivity contribution in [3.05, 3.63) is 47.9 Å². The largest absolute Gasteiger partial charge is 0.399 e. The van der Waals surface area contributed by atoms with Crippen LogP contribution >= 0.6 is 0 Å². The van der Waals surface area contributed by atoms with Gasteiger partial charge >= 0.3 is 0 Å². The first kappa shape index (κ1) is 9.13. The van der Waals surface area contributed by atoms with Crippen LogP contribution in [0, 0.1) is 5.92 Å². The molecule has 0 aromatic heterocycles. The molecule has 0 aromatic carbocycles. The third-order valence-electron chi connectivity index (χ3n) is 2.60. The van der Waals surface area contributed by atoms with Crippen molar-refractivity contribution in [2.45, 2.75) is 6.42 Å². The summed E-state index contributed by atoms with van der Waals surface area (Å²) >= 11 is 0. The van der Waals surface area contributed by atoms with Gasteiger partial charge in [0, 0.05) is 31.4 Å². The zero-order chi connectivity index (χ0) is 9.97. The summed E-state index contributed by atoms with van der Waals surface area (Å²) in [5, 5.41) is 0. The van der Waals surface area contributed by atoms with Crippen LogP contribution in [0.4, 0.5) is 0 Å². The fourth-order valence-electron chi connectivity index (χ4n) is 1.86. The van der Waals surface area contributed by atoms with Crippen LogP contribution in [0.1, 0.15) is 6.42 Å². The van der Waals surface area contributed by atoms with Crippen LogP contribution in [0.25, 0.3) is 0 Å². The molecule has 14 heavy (non-hydrogen) atoms. The van der Waals surface area contributed by atoms with Crippen LogP contribution in [0.3, 0.4) is 0 Å². The van der Waals surface area contributed by atoms with E-state index in [0.717, 1.165) is 18.7 Å². The Hall–Kier alpha value is -1.44. The van der Waals surface area contributed by atoms with E-state index in [4.69, 9.17) is 5.73 Å². The molecule has 1 unspecified atom stereocenters. The van der Waals surface area contributed by atoms with Gasteiger partial charge in [0.15, 0.2) is 0 Å². The minimum absolute atomic E-state index is 0.457. The molecule has 0 spiro atoms. The minimum atomic E-state index is 0.457. The summed E-state index contributed by atoms with van der Waals surface area (Å²) in [6.07, 6.45) is 13.9. The second-order valence-corrected chi connectivity index (χ2v) is 3.88. The summed E-state index contributed by atoms with van der Waals surface area (Å²) in [5.74, 6) is 0.457. The highest BCUT2D eigenvalue weighted by molar-refractivity contribution is 5.33. The predicted octanol–water partition coefficient (Wildman–Crippen LogP) is 1.79. The van der Waals surface area contributed by atoms with Crippen molar-refractivity contribution in [1.29, 1.82) is 0 Å². The number of nitrogens with zero attached hydrogens (tertiary/aromatic N) is 1. The summed E-state index contributed by atoms with van der Waals surface area (Å²) in [6.45, 7) is 1.01. The van der Waals surface area contributed by atoms with Gasteiger partial charge in [0.1, 0.15) is 0 Å². The van der Waals surface area contributed by atoms with Gasteiger partial charge in [0.2, 0.25) is 0 Å². The highest BCUT2D eigenvalue weighted by Gasteiger charge is 2.13. The van der Waals surface area contributed by atoms with Gasteiger partial charge in [0.25, 0.3) is 0 Å². The quantitative estimate of drug-likeness (QED) is 0.679. The van der Waals surface area contributed by atoms with Crippen LogP contribution in [0.2, 0.25) is 0 Å². The highest BCUT2D eigenvalue weighted by Crippen LogP contribution is 2.25. The van der Waals surface area contributed by atoms with E-state index in [1.807, 2.05) is 6.08 Å². The molecule has 1 aliphatic carbocycles. The van der Waals surface area contributed by atoms with E-state index in [1.165, 1.54) is 5.57 Å². The van der Waals surface area contributed by atoms with Crippen LogP contribution in [-0.2, 0) is 0 Å². The summed E-state index contributed by atoms with van der Waals surface area (Å²) in [6, 6.07) is 0. The second-order valence-electron chi connectivity index (χ2n) is 3.88. The maximum Gasteiger partial charge on any atom is 0.0354 e. The fraction of sp³-hybridized carbons (Fsp3) is 0.333. The van der Waals surface area contributed by atoms with E-state index < -0.39 is 0 Å². The molecule has 0 saturated carbocycles. The maximum atomic E-state index is 5.78. The Morgan fingerprint density at radius 1 is 1.36 bits per heavy atom. The Morgan fingerprint density at radius 2 is 2.21 bits per heavy atom. The molecule has 0 bridgehead atoms. The zero-order valence-electron chi connectivity index (χ0n) is 8.48. The molecule has 1 aliphatic heterocycles. The third kappa shape index (κ3) is 1.90. The van der Waals surface area contributed by atoms with E-state index in [0.29, 0.717) is 5.92 Å². The van der Waals surface area contributed by atoms with E-state index in [2.05, 4.69) is 42.5 Å². The molecule has 2 nitrogen and oxygen atoms in total. The summed E-state index contributed by atoms with van der Waals surface area (Å²) in [4.78, 5) is 2.19. The molecule has 74 valence electrons. The van der Waals surface area contributed by atoms with Crippen LogP contribution in [0.15, 0.2) is 47.9 Å². The van der Waals surface area contributed by atoms with Crippen molar-refractivity contribution in [2.75, 3.05) is 13.6 Å². The molecule has 0 aromatic rings. The van der Waals surface area contributed by atoms with Gasteiger partial charge in [-0.3, -0.25) is 0 Å². The van der Waals surface area contributed by atoms with Crippen molar-refractivity contribution in [3.8, 4) is 0 Å². The number of nitrogens with two attached hydrogens (primary N) is 1. The lowest BCUT2D eigenvalue weighted by Crippen LogP contribution is -2.17. The van der Waals surface area contributed by atoms with E-state index in [-0.39, 0.29) is 0 Å². The van der Waals surface area contributed by atoms with E-state index >= 15 is 0 Å². The lowest BCUT2D eigenvalue weighted by atomic mass is 9.90. The van der Waals surface area contributed by atoms with E-state index in [1.54, 1.807) is 0 Å². The van der Waals surface area contributed by atoms with Gasteiger partial charge in [0.05, 0.1) is 0 Å². The molecule has 2 aliphatic rings. The number of allylic oxidation sites excluding steroid dienone is 5. The van der Waals surface area contributed by atoms with Crippen molar-refractivity contribution in [3.63, 3.8) is 0 Å². The van der Waals surface area contributed by atoms with Gasteiger partial charge < -0.3 is 10.6 Å². The molecule has 2 rings (SSSR count). The van der Waals surface area contributed by atoms with E-state index in [9.17, 15) is 0 Å². The lowest BCUT2D eigenvalue weighted by molar-refractivity contribution is 0.492. The van der Waals surface area contributed by atoms with Gasteiger partial charge in [-0.15, -0.1) is 0 Å². The van der Waals surface area contributed by atoms with Crippen molar-refractivity contribution in [1.82, 2.24) is 4.90 Å². The van der Waals surface area contributed by atoms with Crippen LogP contribution < -0.4 is 5.73 Å². The standard InChI is InChI=1S/C12H16N2/c1-14-7-3-5-11(9-14)10-4-2-6-12(13)8-10/h2-3,5-6,8-10H,4,7,13H2,1H3. The minimum Gasteiger partial charge on any atom is -0.399 e. The Kier molecular flexibility index (Phi) is 2.44.